The molecule has 1 aromatic heterocycles. The van der Waals surface area contributed by atoms with E-state index < -0.39 is 0 Å². The zero-order valence-corrected chi connectivity index (χ0v) is 16.8. The van der Waals surface area contributed by atoms with E-state index in [0.717, 1.165) is 38.8 Å². The first kappa shape index (κ1) is 19.6. The highest BCUT2D eigenvalue weighted by atomic mass is 32.2. The summed E-state index contributed by atoms with van der Waals surface area (Å²) in [7, 11) is 0. The topological polar surface area (TPSA) is 55.2 Å². The SMILES string of the molecule is O=C(CSc1nc2ccccc2c(=O)n1-c1ccc(F)cc1)N1CCCCCC1. The first-order chi connectivity index (χ1) is 14.1. The fourth-order valence-electron chi connectivity index (χ4n) is 3.56. The smallest absolute Gasteiger partial charge is 0.266 e. The van der Waals surface area contributed by atoms with Crippen molar-refractivity contribution in [3.8, 4) is 5.69 Å². The van der Waals surface area contributed by atoms with E-state index in [1.807, 2.05) is 11.0 Å². The Morgan fingerprint density at radius 3 is 2.41 bits per heavy atom. The van der Waals surface area contributed by atoms with E-state index in [4.69, 9.17) is 0 Å². The first-order valence-electron chi connectivity index (χ1n) is 9.82. The van der Waals surface area contributed by atoms with Gasteiger partial charge in [-0.15, -0.1) is 0 Å². The fourth-order valence-corrected chi connectivity index (χ4v) is 4.48. The van der Waals surface area contributed by atoms with E-state index in [2.05, 4.69) is 4.98 Å². The minimum Gasteiger partial charge on any atom is -0.342 e. The molecule has 0 atom stereocenters. The van der Waals surface area contributed by atoms with Crippen molar-refractivity contribution in [3.05, 3.63) is 64.7 Å². The summed E-state index contributed by atoms with van der Waals surface area (Å²) in [6.45, 7) is 1.57. The number of benzene rings is 2. The van der Waals surface area contributed by atoms with Gasteiger partial charge in [-0.2, -0.15) is 0 Å². The van der Waals surface area contributed by atoms with Crippen LogP contribution in [-0.4, -0.2) is 39.2 Å². The number of halogens is 1. The lowest BCUT2D eigenvalue weighted by atomic mass is 10.2. The largest absolute Gasteiger partial charge is 0.342 e. The Hall–Kier alpha value is -2.67. The Kier molecular flexibility index (Phi) is 5.94. The first-order valence-corrected chi connectivity index (χ1v) is 10.8. The van der Waals surface area contributed by atoms with Crippen LogP contribution in [0.1, 0.15) is 25.7 Å². The Labute approximate surface area is 172 Å². The Bertz CT molecular complexity index is 1070. The number of likely N-dealkylation sites (tertiary alicyclic amines) is 1. The maximum Gasteiger partial charge on any atom is 0.266 e. The summed E-state index contributed by atoms with van der Waals surface area (Å²) in [5.41, 5.74) is 0.881. The molecule has 0 N–H and O–H groups in total. The van der Waals surface area contributed by atoms with Gasteiger partial charge in [-0.1, -0.05) is 36.7 Å². The van der Waals surface area contributed by atoms with Crippen LogP contribution in [0.5, 0.6) is 0 Å². The second kappa shape index (κ2) is 8.78. The van der Waals surface area contributed by atoms with E-state index in [9.17, 15) is 14.0 Å². The number of amides is 1. The molecule has 1 amide bonds. The van der Waals surface area contributed by atoms with Crippen LogP contribution in [0, 0.1) is 5.82 Å². The van der Waals surface area contributed by atoms with Gasteiger partial charge in [0.05, 0.1) is 22.3 Å². The van der Waals surface area contributed by atoms with Crippen LogP contribution in [-0.2, 0) is 4.79 Å². The molecule has 0 unspecified atom stereocenters. The highest BCUT2D eigenvalue weighted by Gasteiger charge is 2.19. The maximum absolute atomic E-state index is 13.4. The molecule has 150 valence electrons. The van der Waals surface area contributed by atoms with Gasteiger partial charge in [0.15, 0.2) is 5.16 Å². The molecule has 0 aliphatic carbocycles. The zero-order valence-electron chi connectivity index (χ0n) is 16.0. The monoisotopic (exact) mass is 411 g/mol. The number of hydrogen-bond donors (Lipinski definition) is 0. The number of fused-ring (bicyclic) bond motifs is 1. The highest BCUT2D eigenvalue weighted by Crippen LogP contribution is 2.22. The van der Waals surface area contributed by atoms with Crippen molar-refractivity contribution < 1.29 is 9.18 Å². The van der Waals surface area contributed by atoms with Gasteiger partial charge in [-0.3, -0.25) is 14.2 Å². The van der Waals surface area contributed by atoms with Gasteiger partial charge >= 0.3 is 0 Å². The number of nitrogens with zero attached hydrogens (tertiary/aromatic N) is 3. The number of para-hydroxylation sites is 1. The van der Waals surface area contributed by atoms with E-state index >= 15 is 0 Å². The summed E-state index contributed by atoms with van der Waals surface area (Å²) >= 11 is 1.25. The van der Waals surface area contributed by atoms with Crippen LogP contribution in [0.4, 0.5) is 4.39 Å². The molecule has 1 fully saturated rings. The summed E-state index contributed by atoms with van der Waals surface area (Å²) in [4.78, 5) is 32.4. The van der Waals surface area contributed by atoms with Crippen LogP contribution in [0.15, 0.2) is 58.5 Å². The molecule has 5 nitrogen and oxygen atoms in total. The lowest BCUT2D eigenvalue weighted by Crippen LogP contribution is -2.33. The minimum atomic E-state index is -0.374. The number of aromatic nitrogens is 2. The number of hydrogen-bond acceptors (Lipinski definition) is 4. The van der Waals surface area contributed by atoms with Crippen molar-refractivity contribution in [3.63, 3.8) is 0 Å². The van der Waals surface area contributed by atoms with E-state index in [-0.39, 0.29) is 23.0 Å². The fraction of sp³-hybridized carbons (Fsp3) is 0.318. The molecule has 3 aromatic rings. The molecule has 0 bridgehead atoms. The van der Waals surface area contributed by atoms with Gasteiger partial charge in [0.25, 0.3) is 5.56 Å². The molecule has 29 heavy (non-hydrogen) atoms. The third kappa shape index (κ3) is 4.34. The molecule has 7 heteroatoms. The predicted molar refractivity (Wildman–Crippen MR) is 113 cm³/mol. The van der Waals surface area contributed by atoms with Crippen molar-refractivity contribution in [2.75, 3.05) is 18.8 Å². The van der Waals surface area contributed by atoms with Gasteiger partial charge in [-0.05, 0) is 49.2 Å². The van der Waals surface area contributed by atoms with Crippen molar-refractivity contribution in [1.29, 1.82) is 0 Å². The normalized spacial score (nSPS) is 14.7. The van der Waals surface area contributed by atoms with Crippen molar-refractivity contribution in [2.24, 2.45) is 0 Å². The molecule has 0 saturated carbocycles. The molecule has 1 aliphatic rings. The van der Waals surface area contributed by atoms with Gasteiger partial charge in [0, 0.05) is 13.1 Å². The van der Waals surface area contributed by atoms with Gasteiger partial charge in [0.1, 0.15) is 5.82 Å². The zero-order chi connectivity index (χ0) is 20.2. The van der Waals surface area contributed by atoms with E-state index in [0.29, 0.717) is 21.7 Å². The van der Waals surface area contributed by atoms with Crippen molar-refractivity contribution >= 4 is 28.6 Å². The van der Waals surface area contributed by atoms with Gasteiger partial charge < -0.3 is 4.90 Å². The molecule has 0 radical (unpaired) electrons. The molecular formula is C22H22FN3O2S. The summed E-state index contributed by atoms with van der Waals surface area (Å²) in [6.07, 6.45) is 4.39. The third-order valence-corrected chi connectivity index (χ3v) is 6.04. The molecule has 1 aliphatic heterocycles. The summed E-state index contributed by atoms with van der Waals surface area (Å²) < 4.78 is 14.9. The van der Waals surface area contributed by atoms with Gasteiger partial charge in [0.2, 0.25) is 5.91 Å². The van der Waals surface area contributed by atoms with Crippen LogP contribution >= 0.6 is 11.8 Å². The Balaban J connectivity index is 1.68. The number of rotatable bonds is 4. The second-order valence-electron chi connectivity index (χ2n) is 7.11. The summed E-state index contributed by atoms with van der Waals surface area (Å²) in [5, 5.41) is 0.920. The van der Waals surface area contributed by atoms with E-state index in [1.165, 1.54) is 28.5 Å². The average molecular weight is 412 g/mol. The van der Waals surface area contributed by atoms with Crippen LogP contribution in [0.2, 0.25) is 0 Å². The van der Waals surface area contributed by atoms with Crippen molar-refractivity contribution in [1.82, 2.24) is 14.5 Å². The third-order valence-electron chi connectivity index (χ3n) is 5.11. The highest BCUT2D eigenvalue weighted by molar-refractivity contribution is 7.99. The molecular weight excluding hydrogens is 389 g/mol. The summed E-state index contributed by atoms with van der Waals surface area (Å²) in [6, 6.07) is 12.8. The molecule has 1 saturated heterocycles. The lowest BCUT2D eigenvalue weighted by Gasteiger charge is -2.20. The quantitative estimate of drug-likeness (QED) is 0.481. The Morgan fingerprint density at radius 1 is 1.00 bits per heavy atom. The summed E-state index contributed by atoms with van der Waals surface area (Å²) in [5.74, 6) is -0.0996. The number of carbonyl (C=O) groups excluding carboxylic acids is 1. The molecule has 2 heterocycles. The standard InChI is InChI=1S/C22H22FN3O2S/c23-16-9-11-17(12-10-16)26-21(28)18-7-3-4-8-19(18)24-22(26)29-15-20(27)25-13-5-1-2-6-14-25/h3-4,7-12H,1-2,5-6,13-15H2. The Morgan fingerprint density at radius 2 is 1.69 bits per heavy atom. The minimum absolute atomic E-state index is 0.0602. The average Bonchev–Trinajstić information content (AvgIpc) is 3.03. The second-order valence-corrected chi connectivity index (χ2v) is 8.05. The number of carbonyl (C=O) groups is 1. The number of thioether (sulfide) groups is 1. The molecule has 4 rings (SSSR count). The van der Waals surface area contributed by atoms with E-state index in [1.54, 1.807) is 30.3 Å². The van der Waals surface area contributed by atoms with Gasteiger partial charge in [-0.25, -0.2) is 9.37 Å². The van der Waals surface area contributed by atoms with Crippen LogP contribution < -0.4 is 5.56 Å². The molecule has 2 aromatic carbocycles. The van der Waals surface area contributed by atoms with Crippen LogP contribution in [0.25, 0.3) is 16.6 Å². The lowest BCUT2D eigenvalue weighted by molar-refractivity contribution is -0.128. The predicted octanol–water partition coefficient (Wildman–Crippen LogP) is 4.02. The molecule has 0 spiro atoms. The van der Waals surface area contributed by atoms with Crippen LogP contribution in [0.3, 0.4) is 0 Å². The maximum atomic E-state index is 13.4. The van der Waals surface area contributed by atoms with Crippen molar-refractivity contribution in [2.45, 2.75) is 30.8 Å².